The number of sulfonamides is 1. The number of hydrogen-bond donors (Lipinski definition) is 2. The molecule has 112 valence electrons. The highest BCUT2D eigenvalue weighted by molar-refractivity contribution is 7.89. The molecule has 1 aromatic rings. The summed E-state index contributed by atoms with van der Waals surface area (Å²) in [4.78, 5) is 0.411. The highest BCUT2D eigenvalue weighted by Gasteiger charge is 2.32. The number of rotatable bonds is 6. The monoisotopic (exact) mass is 297 g/mol. The molecule has 3 rings (SSSR count). The molecule has 5 nitrogen and oxygen atoms in total. The van der Waals surface area contributed by atoms with Crippen molar-refractivity contribution in [1.82, 2.24) is 14.6 Å². The van der Waals surface area contributed by atoms with Gasteiger partial charge in [0, 0.05) is 30.5 Å². The van der Waals surface area contributed by atoms with Crippen LogP contribution in [0.25, 0.3) is 0 Å². The lowest BCUT2D eigenvalue weighted by Gasteiger charge is -2.32. The van der Waals surface area contributed by atoms with Crippen molar-refractivity contribution >= 4 is 10.0 Å². The second-order valence-electron chi connectivity index (χ2n) is 6.23. The van der Waals surface area contributed by atoms with Crippen molar-refractivity contribution in [2.24, 2.45) is 5.92 Å². The second-order valence-corrected chi connectivity index (χ2v) is 7.94. The molecule has 0 aromatic carbocycles. The summed E-state index contributed by atoms with van der Waals surface area (Å²) in [5.74, 6) is 0.638. The van der Waals surface area contributed by atoms with E-state index in [2.05, 4.69) is 21.5 Å². The Morgan fingerprint density at radius 2 is 2.05 bits per heavy atom. The summed E-state index contributed by atoms with van der Waals surface area (Å²) in [6, 6.07) is 2.41. The fourth-order valence-electron chi connectivity index (χ4n) is 2.95. The Kier molecular flexibility index (Phi) is 3.64. The Hall–Kier alpha value is -0.850. The molecule has 0 aliphatic heterocycles. The summed E-state index contributed by atoms with van der Waals surface area (Å²) in [5.41, 5.74) is 1.05. The fraction of sp³-hybridized carbons (Fsp3) is 0.714. The van der Waals surface area contributed by atoms with E-state index in [0.29, 0.717) is 23.4 Å². The molecular weight excluding hydrogens is 274 g/mol. The predicted octanol–water partition coefficient (Wildman–Crippen LogP) is 1.62. The molecule has 0 saturated heterocycles. The minimum Gasteiger partial charge on any atom is -0.346 e. The van der Waals surface area contributed by atoms with Crippen LogP contribution in [-0.2, 0) is 16.6 Å². The highest BCUT2D eigenvalue weighted by atomic mass is 32.2. The van der Waals surface area contributed by atoms with Crippen molar-refractivity contribution in [1.29, 1.82) is 0 Å². The van der Waals surface area contributed by atoms with E-state index in [4.69, 9.17) is 0 Å². The van der Waals surface area contributed by atoms with Crippen LogP contribution in [0.5, 0.6) is 0 Å². The Morgan fingerprint density at radius 3 is 2.60 bits per heavy atom. The minimum atomic E-state index is -3.37. The molecule has 6 heteroatoms. The van der Waals surface area contributed by atoms with Crippen molar-refractivity contribution in [3.63, 3.8) is 0 Å². The van der Waals surface area contributed by atoms with Crippen molar-refractivity contribution in [3.8, 4) is 0 Å². The molecule has 0 atom stereocenters. The summed E-state index contributed by atoms with van der Waals surface area (Å²) >= 11 is 0. The molecule has 0 radical (unpaired) electrons. The molecule has 1 heterocycles. The standard InChI is InChI=1S/C14H23N3O2S/c1-10-5-11(6-10)16-20(18,19)14-7-13(8-15-2)17(9-14)12-3-4-12/h7,9-12,15-16H,3-6,8H2,1-2H3. The topological polar surface area (TPSA) is 63.1 Å². The predicted molar refractivity (Wildman–Crippen MR) is 78.0 cm³/mol. The first kappa shape index (κ1) is 14.1. The molecule has 0 bridgehead atoms. The summed E-state index contributed by atoms with van der Waals surface area (Å²) < 4.78 is 29.8. The van der Waals surface area contributed by atoms with Gasteiger partial charge in [0.1, 0.15) is 0 Å². The van der Waals surface area contributed by atoms with Crippen LogP contribution >= 0.6 is 0 Å². The number of aromatic nitrogens is 1. The zero-order valence-corrected chi connectivity index (χ0v) is 12.9. The Labute approximate surface area is 120 Å². The van der Waals surface area contributed by atoms with Gasteiger partial charge in [0.2, 0.25) is 10.0 Å². The maximum Gasteiger partial charge on any atom is 0.242 e. The molecule has 2 fully saturated rings. The van der Waals surface area contributed by atoms with Gasteiger partial charge in [-0.25, -0.2) is 13.1 Å². The maximum absolute atomic E-state index is 12.4. The van der Waals surface area contributed by atoms with Gasteiger partial charge in [-0.3, -0.25) is 0 Å². The zero-order valence-electron chi connectivity index (χ0n) is 12.1. The van der Waals surface area contributed by atoms with Crippen LogP contribution < -0.4 is 10.0 Å². The third kappa shape index (κ3) is 2.77. The van der Waals surface area contributed by atoms with E-state index in [1.807, 2.05) is 7.05 Å². The van der Waals surface area contributed by atoms with Crippen LogP contribution in [0.4, 0.5) is 0 Å². The van der Waals surface area contributed by atoms with Crippen LogP contribution in [0.15, 0.2) is 17.2 Å². The first-order valence-electron chi connectivity index (χ1n) is 7.37. The average molecular weight is 297 g/mol. The third-order valence-corrected chi connectivity index (χ3v) is 5.70. The van der Waals surface area contributed by atoms with Gasteiger partial charge in [0.05, 0.1) is 4.90 Å². The largest absolute Gasteiger partial charge is 0.346 e. The number of nitrogens with one attached hydrogen (secondary N) is 2. The lowest BCUT2D eigenvalue weighted by molar-refractivity contribution is 0.270. The number of nitrogens with zero attached hydrogens (tertiary/aromatic N) is 1. The van der Waals surface area contributed by atoms with E-state index in [9.17, 15) is 8.42 Å². The van der Waals surface area contributed by atoms with E-state index in [-0.39, 0.29) is 6.04 Å². The summed E-state index contributed by atoms with van der Waals surface area (Å²) in [5, 5.41) is 3.10. The van der Waals surface area contributed by atoms with Gasteiger partial charge in [-0.1, -0.05) is 6.92 Å². The van der Waals surface area contributed by atoms with E-state index < -0.39 is 10.0 Å². The summed E-state index contributed by atoms with van der Waals surface area (Å²) in [6.07, 6.45) is 6.00. The fourth-order valence-corrected chi connectivity index (χ4v) is 4.26. The van der Waals surface area contributed by atoms with Gasteiger partial charge in [-0.05, 0) is 44.7 Å². The number of hydrogen-bond acceptors (Lipinski definition) is 3. The molecule has 2 aliphatic carbocycles. The quantitative estimate of drug-likeness (QED) is 0.838. The van der Waals surface area contributed by atoms with Crippen LogP contribution in [-0.4, -0.2) is 26.1 Å². The van der Waals surface area contributed by atoms with Gasteiger partial charge < -0.3 is 9.88 Å². The normalized spacial score (nSPS) is 26.5. The van der Waals surface area contributed by atoms with Crippen molar-refractivity contribution < 1.29 is 8.42 Å². The molecule has 2 aliphatic rings. The molecule has 0 unspecified atom stereocenters. The average Bonchev–Trinajstić information content (AvgIpc) is 3.09. The van der Waals surface area contributed by atoms with Gasteiger partial charge in [-0.15, -0.1) is 0 Å². The van der Waals surface area contributed by atoms with Crippen LogP contribution in [0.2, 0.25) is 0 Å². The molecule has 2 N–H and O–H groups in total. The SMILES string of the molecule is CNCc1cc(S(=O)(=O)NC2CC(C)C2)cn1C1CC1. The molecular formula is C14H23N3O2S. The van der Waals surface area contributed by atoms with Crippen molar-refractivity contribution in [2.45, 2.75) is 56.1 Å². The smallest absolute Gasteiger partial charge is 0.242 e. The Morgan fingerprint density at radius 1 is 1.35 bits per heavy atom. The van der Waals surface area contributed by atoms with Gasteiger partial charge >= 0.3 is 0 Å². The van der Waals surface area contributed by atoms with Crippen molar-refractivity contribution in [2.75, 3.05) is 7.05 Å². The van der Waals surface area contributed by atoms with E-state index in [1.165, 1.54) is 0 Å². The zero-order chi connectivity index (χ0) is 14.3. The molecule has 0 amide bonds. The van der Waals surface area contributed by atoms with Crippen molar-refractivity contribution in [3.05, 3.63) is 18.0 Å². The van der Waals surface area contributed by atoms with E-state index >= 15 is 0 Å². The van der Waals surface area contributed by atoms with E-state index in [1.54, 1.807) is 12.3 Å². The molecule has 2 saturated carbocycles. The molecule has 1 aromatic heterocycles. The third-order valence-electron chi connectivity index (χ3n) is 4.21. The second kappa shape index (κ2) is 5.16. The van der Waals surface area contributed by atoms with Crippen LogP contribution in [0.1, 0.15) is 44.3 Å². The Balaban J connectivity index is 1.79. The first-order valence-corrected chi connectivity index (χ1v) is 8.85. The van der Waals surface area contributed by atoms with Crippen LogP contribution in [0.3, 0.4) is 0 Å². The minimum absolute atomic E-state index is 0.118. The molecule has 0 spiro atoms. The van der Waals surface area contributed by atoms with E-state index in [0.717, 1.165) is 31.4 Å². The maximum atomic E-state index is 12.4. The van der Waals surface area contributed by atoms with Gasteiger partial charge in [0.25, 0.3) is 0 Å². The summed E-state index contributed by atoms with van der Waals surface area (Å²) in [6.45, 7) is 2.85. The lowest BCUT2D eigenvalue weighted by Crippen LogP contribution is -2.43. The lowest BCUT2D eigenvalue weighted by atomic mass is 9.83. The Bertz CT molecular complexity index is 584. The van der Waals surface area contributed by atoms with Gasteiger partial charge in [0.15, 0.2) is 0 Å². The van der Waals surface area contributed by atoms with Gasteiger partial charge in [-0.2, -0.15) is 0 Å². The van der Waals surface area contributed by atoms with Crippen LogP contribution in [0, 0.1) is 5.92 Å². The first-order chi connectivity index (χ1) is 9.49. The molecule has 20 heavy (non-hydrogen) atoms. The highest BCUT2D eigenvalue weighted by Crippen LogP contribution is 2.37. The summed E-state index contributed by atoms with van der Waals surface area (Å²) in [7, 11) is -1.49.